The molecule has 0 unspecified atom stereocenters. The molecule has 0 bridgehead atoms. The number of aromatic nitrogens is 1. The van der Waals surface area contributed by atoms with Crippen LogP contribution in [0.2, 0.25) is 0 Å². The van der Waals surface area contributed by atoms with Crippen molar-refractivity contribution in [1.29, 1.82) is 0 Å². The number of pyridine rings is 1. The fraction of sp³-hybridized carbons (Fsp3) is 0.400. The van der Waals surface area contributed by atoms with Gasteiger partial charge in [-0.3, -0.25) is 4.98 Å². The molecule has 0 aliphatic rings. The molecule has 96 valence electrons. The lowest BCUT2D eigenvalue weighted by Crippen LogP contribution is -2.34. The predicted octanol–water partition coefficient (Wildman–Crippen LogP) is 2.83. The van der Waals surface area contributed by atoms with Crippen molar-refractivity contribution < 1.29 is 4.74 Å². The van der Waals surface area contributed by atoms with Crippen molar-refractivity contribution in [3.05, 3.63) is 35.5 Å². The van der Waals surface area contributed by atoms with Gasteiger partial charge in [-0.15, -0.1) is 0 Å². The third-order valence-electron chi connectivity index (χ3n) is 2.88. The Morgan fingerprint density at radius 1 is 1.28 bits per heavy atom. The molecule has 1 heterocycles. The maximum atomic E-state index is 6.13. The summed E-state index contributed by atoms with van der Waals surface area (Å²) in [7, 11) is 1.68. The van der Waals surface area contributed by atoms with E-state index in [9.17, 15) is 0 Å². The van der Waals surface area contributed by atoms with Crippen LogP contribution in [0.25, 0.3) is 10.9 Å². The fourth-order valence-electron chi connectivity index (χ4n) is 2.19. The molecule has 0 saturated heterocycles. The average Bonchev–Trinajstić information content (AvgIpc) is 2.26. The van der Waals surface area contributed by atoms with Gasteiger partial charge in [0.2, 0.25) is 0 Å². The first kappa shape index (κ1) is 12.8. The van der Waals surface area contributed by atoms with Gasteiger partial charge in [0.1, 0.15) is 5.75 Å². The van der Waals surface area contributed by atoms with E-state index in [-0.39, 0.29) is 5.54 Å². The molecule has 2 aromatic rings. The van der Waals surface area contributed by atoms with E-state index in [0.717, 1.165) is 28.8 Å². The van der Waals surface area contributed by atoms with Gasteiger partial charge in [-0.2, -0.15) is 0 Å². The summed E-state index contributed by atoms with van der Waals surface area (Å²) in [6.07, 6.45) is 0.819. The van der Waals surface area contributed by atoms with Gasteiger partial charge in [-0.05, 0) is 57.0 Å². The number of methoxy groups -OCH3 is 1. The first-order valence-corrected chi connectivity index (χ1v) is 6.12. The van der Waals surface area contributed by atoms with Crippen LogP contribution >= 0.6 is 0 Å². The molecule has 0 radical (unpaired) electrons. The minimum absolute atomic E-state index is 0.232. The Bertz CT molecular complexity index is 570. The molecule has 3 heteroatoms. The molecule has 0 aliphatic carbocycles. The van der Waals surface area contributed by atoms with Crippen LogP contribution in [0.1, 0.15) is 25.1 Å². The van der Waals surface area contributed by atoms with E-state index in [4.69, 9.17) is 10.5 Å². The molecule has 0 atom stereocenters. The first-order chi connectivity index (χ1) is 8.39. The molecule has 1 aromatic carbocycles. The number of ether oxygens (including phenoxy) is 1. The lowest BCUT2D eigenvalue weighted by molar-refractivity contribution is 0.415. The number of rotatable bonds is 3. The summed E-state index contributed by atoms with van der Waals surface area (Å²) in [4.78, 5) is 4.55. The van der Waals surface area contributed by atoms with E-state index in [0.29, 0.717) is 0 Å². The van der Waals surface area contributed by atoms with Crippen molar-refractivity contribution in [3.8, 4) is 5.75 Å². The SMILES string of the molecule is COc1ccc2nc(C)cc(CC(C)(C)N)c2c1. The van der Waals surface area contributed by atoms with Crippen molar-refractivity contribution >= 4 is 10.9 Å². The molecule has 0 spiro atoms. The summed E-state index contributed by atoms with van der Waals surface area (Å²) in [6.45, 7) is 6.08. The Morgan fingerprint density at radius 3 is 2.61 bits per heavy atom. The summed E-state index contributed by atoms with van der Waals surface area (Å²) >= 11 is 0. The van der Waals surface area contributed by atoms with Crippen molar-refractivity contribution in [2.45, 2.75) is 32.7 Å². The normalized spacial score (nSPS) is 11.8. The average molecular weight is 244 g/mol. The minimum Gasteiger partial charge on any atom is -0.497 e. The molecule has 18 heavy (non-hydrogen) atoms. The lowest BCUT2D eigenvalue weighted by Gasteiger charge is -2.20. The zero-order valence-corrected chi connectivity index (χ0v) is 11.4. The maximum Gasteiger partial charge on any atom is 0.119 e. The van der Waals surface area contributed by atoms with E-state index in [1.54, 1.807) is 7.11 Å². The molecule has 0 saturated carbocycles. The van der Waals surface area contributed by atoms with Crippen LogP contribution in [0.4, 0.5) is 0 Å². The zero-order chi connectivity index (χ0) is 13.3. The smallest absolute Gasteiger partial charge is 0.119 e. The van der Waals surface area contributed by atoms with Crippen LogP contribution in [0, 0.1) is 6.92 Å². The van der Waals surface area contributed by atoms with Crippen molar-refractivity contribution in [1.82, 2.24) is 4.98 Å². The van der Waals surface area contributed by atoms with Crippen LogP contribution in [-0.2, 0) is 6.42 Å². The van der Waals surface area contributed by atoms with Gasteiger partial charge in [0, 0.05) is 16.6 Å². The van der Waals surface area contributed by atoms with Crippen LogP contribution < -0.4 is 10.5 Å². The number of hydrogen-bond acceptors (Lipinski definition) is 3. The fourth-order valence-corrected chi connectivity index (χ4v) is 2.19. The van der Waals surface area contributed by atoms with E-state index in [1.807, 2.05) is 39.0 Å². The molecule has 3 nitrogen and oxygen atoms in total. The molecule has 0 fully saturated rings. The zero-order valence-electron chi connectivity index (χ0n) is 11.4. The van der Waals surface area contributed by atoms with E-state index < -0.39 is 0 Å². The summed E-state index contributed by atoms with van der Waals surface area (Å²) in [5, 5.41) is 1.12. The third kappa shape index (κ3) is 2.79. The number of aryl methyl sites for hydroxylation is 1. The number of nitrogens with zero attached hydrogens (tertiary/aromatic N) is 1. The van der Waals surface area contributed by atoms with Gasteiger partial charge < -0.3 is 10.5 Å². The molecule has 1 aromatic heterocycles. The quantitative estimate of drug-likeness (QED) is 0.903. The Hall–Kier alpha value is -1.61. The van der Waals surface area contributed by atoms with Gasteiger partial charge in [-0.1, -0.05) is 0 Å². The second-order valence-corrected chi connectivity index (χ2v) is 5.47. The standard InChI is InChI=1S/C15H20N2O/c1-10-7-11(9-15(2,3)16)13-8-12(18-4)5-6-14(13)17-10/h5-8H,9,16H2,1-4H3. The number of benzene rings is 1. The monoisotopic (exact) mass is 244 g/mol. The number of nitrogens with two attached hydrogens (primary N) is 1. The molecule has 0 aliphatic heterocycles. The highest BCUT2D eigenvalue weighted by Crippen LogP contribution is 2.25. The Morgan fingerprint density at radius 2 is 2.00 bits per heavy atom. The van der Waals surface area contributed by atoms with E-state index >= 15 is 0 Å². The second kappa shape index (κ2) is 4.58. The minimum atomic E-state index is -0.232. The highest BCUT2D eigenvalue weighted by molar-refractivity contribution is 5.84. The summed E-state index contributed by atoms with van der Waals surface area (Å²) in [5.41, 5.74) is 9.14. The largest absolute Gasteiger partial charge is 0.497 e. The summed E-state index contributed by atoms with van der Waals surface area (Å²) in [5.74, 6) is 0.851. The van der Waals surface area contributed by atoms with Crippen molar-refractivity contribution in [2.75, 3.05) is 7.11 Å². The molecule has 2 N–H and O–H groups in total. The van der Waals surface area contributed by atoms with Gasteiger partial charge >= 0.3 is 0 Å². The molecular weight excluding hydrogens is 224 g/mol. The van der Waals surface area contributed by atoms with E-state index in [1.165, 1.54) is 5.56 Å². The van der Waals surface area contributed by atoms with Crippen LogP contribution in [0.3, 0.4) is 0 Å². The van der Waals surface area contributed by atoms with Gasteiger partial charge in [0.15, 0.2) is 0 Å². The second-order valence-electron chi connectivity index (χ2n) is 5.47. The third-order valence-corrected chi connectivity index (χ3v) is 2.88. The molecule has 0 amide bonds. The lowest BCUT2D eigenvalue weighted by atomic mass is 9.93. The number of fused-ring (bicyclic) bond motifs is 1. The van der Waals surface area contributed by atoms with Gasteiger partial charge in [-0.25, -0.2) is 0 Å². The Kier molecular flexibility index (Phi) is 3.26. The first-order valence-electron chi connectivity index (χ1n) is 6.12. The van der Waals surface area contributed by atoms with Crippen LogP contribution in [-0.4, -0.2) is 17.6 Å². The van der Waals surface area contributed by atoms with Gasteiger partial charge in [0.25, 0.3) is 0 Å². The van der Waals surface area contributed by atoms with Crippen molar-refractivity contribution in [3.63, 3.8) is 0 Å². The highest BCUT2D eigenvalue weighted by atomic mass is 16.5. The topological polar surface area (TPSA) is 48.1 Å². The van der Waals surface area contributed by atoms with Crippen LogP contribution in [0.5, 0.6) is 5.75 Å². The summed E-state index contributed by atoms with van der Waals surface area (Å²) in [6, 6.07) is 8.07. The number of hydrogen-bond donors (Lipinski definition) is 1. The highest BCUT2D eigenvalue weighted by Gasteiger charge is 2.15. The Balaban J connectivity index is 2.61. The van der Waals surface area contributed by atoms with E-state index in [2.05, 4.69) is 11.1 Å². The van der Waals surface area contributed by atoms with Crippen LogP contribution in [0.15, 0.2) is 24.3 Å². The van der Waals surface area contributed by atoms with Gasteiger partial charge in [0.05, 0.1) is 12.6 Å². The maximum absolute atomic E-state index is 6.13. The van der Waals surface area contributed by atoms with Crippen molar-refractivity contribution in [2.24, 2.45) is 5.73 Å². The summed E-state index contributed by atoms with van der Waals surface area (Å²) < 4.78 is 5.28. The predicted molar refractivity (Wildman–Crippen MR) is 75.0 cm³/mol. The Labute approximate surface area is 108 Å². The molecular formula is C15H20N2O. The molecule has 2 rings (SSSR count).